The number of carbonyl (C=O) groups excluding carboxylic acids is 1. The van der Waals surface area contributed by atoms with Gasteiger partial charge in [0.05, 0.1) is 12.1 Å². The number of hydrogen-bond donors (Lipinski definition) is 1. The number of alkyl halides is 1. The van der Waals surface area contributed by atoms with E-state index in [2.05, 4.69) is 28.7 Å². The average Bonchev–Trinajstić information content (AvgIpc) is 2.86. The standard InChI is InChI=1S/C13H20IN3O/c14-10-5-3-9(4-6-10)12(16)13(18)17-7-1-2-11(17)8-15/h9-12H,1-7,16H2/t9-,10-,11-,12-/m0/s1. The average molecular weight is 361 g/mol. The Morgan fingerprint density at radius 3 is 2.61 bits per heavy atom. The van der Waals surface area contributed by atoms with Crippen molar-refractivity contribution < 1.29 is 4.79 Å². The predicted octanol–water partition coefficient (Wildman–Crippen LogP) is 1.82. The van der Waals surface area contributed by atoms with Crippen molar-refractivity contribution in [3.05, 3.63) is 0 Å². The summed E-state index contributed by atoms with van der Waals surface area (Å²) in [5, 5.41) is 9.03. The fourth-order valence-electron chi connectivity index (χ4n) is 3.00. The second kappa shape index (κ2) is 6.20. The quantitative estimate of drug-likeness (QED) is 0.603. The number of rotatable bonds is 2. The first-order chi connectivity index (χ1) is 8.63. The molecule has 1 heterocycles. The number of carbonyl (C=O) groups is 1. The van der Waals surface area contributed by atoms with E-state index in [4.69, 9.17) is 11.0 Å². The van der Waals surface area contributed by atoms with Crippen molar-refractivity contribution in [2.24, 2.45) is 11.7 Å². The van der Waals surface area contributed by atoms with E-state index in [0.29, 0.717) is 12.5 Å². The summed E-state index contributed by atoms with van der Waals surface area (Å²) in [7, 11) is 0. The Bertz CT molecular complexity index is 347. The summed E-state index contributed by atoms with van der Waals surface area (Å²) in [6.45, 7) is 0.701. The highest BCUT2D eigenvalue weighted by Gasteiger charge is 2.36. The molecule has 1 saturated carbocycles. The molecule has 0 aromatic carbocycles. The van der Waals surface area contributed by atoms with Crippen LogP contribution in [0.5, 0.6) is 0 Å². The summed E-state index contributed by atoms with van der Waals surface area (Å²) in [5.41, 5.74) is 6.13. The van der Waals surface area contributed by atoms with Gasteiger partial charge in [0, 0.05) is 10.5 Å². The topological polar surface area (TPSA) is 70.1 Å². The van der Waals surface area contributed by atoms with Crippen molar-refractivity contribution in [3.63, 3.8) is 0 Å². The zero-order valence-corrected chi connectivity index (χ0v) is 12.7. The molecule has 0 aromatic heterocycles. The van der Waals surface area contributed by atoms with Crippen LogP contribution in [0.25, 0.3) is 0 Å². The van der Waals surface area contributed by atoms with Gasteiger partial charge in [-0.05, 0) is 44.4 Å². The van der Waals surface area contributed by atoms with Crippen LogP contribution in [0, 0.1) is 17.2 Å². The first-order valence-corrected chi connectivity index (χ1v) is 7.97. The fourth-order valence-corrected chi connectivity index (χ4v) is 3.71. The summed E-state index contributed by atoms with van der Waals surface area (Å²) in [6.07, 6.45) is 6.14. The van der Waals surface area contributed by atoms with Crippen LogP contribution in [0.2, 0.25) is 0 Å². The van der Waals surface area contributed by atoms with E-state index in [-0.39, 0.29) is 11.9 Å². The summed E-state index contributed by atoms with van der Waals surface area (Å²) in [5.74, 6) is 0.305. The third-order valence-corrected chi connectivity index (χ3v) is 5.42. The molecule has 2 atom stereocenters. The zero-order valence-electron chi connectivity index (χ0n) is 10.5. The van der Waals surface area contributed by atoms with Gasteiger partial charge in [0.2, 0.25) is 5.91 Å². The molecule has 2 fully saturated rings. The Morgan fingerprint density at radius 1 is 1.33 bits per heavy atom. The van der Waals surface area contributed by atoms with Gasteiger partial charge in [0.25, 0.3) is 0 Å². The maximum Gasteiger partial charge on any atom is 0.240 e. The number of likely N-dealkylation sites (tertiary alicyclic amines) is 1. The minimum atomic E-state index is -0.400. The lowest BCUT2D eigenvalue weighted by molar-refractivity contribution is -0.134. The van der Waals surface area contributed by atoms with E-state index in [1.165, 1.54) is 0 Å². The van der Waals surface area contributed by atoms with E-state index in [0.717, 1.165) is 42.4 Å². The molecular weight excluding hydrogens is 341 g/mol. The molecule has 5 heteroatoms. The molecule has 0 radical (unpaired) electrons. The van der Waals surface area contributed by atoms with Crippen LogP contribution < -0.4 is 5.73 Å². The molecule has 1 aliphatic carbocycles. The lowest BCUT2D eigenvalue weighted by atomic mass is 9.83. The molecule has 1 aliphatic heterocycles. The number of amides is 1. The monoisotopic (exact) mass is 361 g/mol. The van der Waals surface area contributed by atoms with Crippen LogP contribution in [0.3, 0.4) is 0 Å². The van der Waals surface area contributed by atoms with Gasteiger partial charge in [-0.15, -0.1) is 0 Å². The van der Waals surface area contributed by atoms with Gasteiger partial charge < -0.3 is 10.6 Å². The molecule has 1 saturated heterocycles. The molecule has 0 aromatic rings. The SMILES string of the molecule is N#C[C@@H]1CCCN1C(=O)[C@@H](N)[C@H]1CC[C@H](I)CC1. The molecule has 0 bridgehead atoms. The van der Waals surface area contributed by atoms with Crippen molar-refractivity contribution in [1.29, 1.82) is 5.26 Å². The van der Waals surface area contributed by atoms with Crippen LogP contribution in [-0.4, -0.2) is 33.4 Å². The number of nitrogens with zero attached hydrogens (tertiary/aromatic N) is 2. The first-order valence-electron chi connectivity index (χ1n) is 6.73. The normalized spacial score (nSPS) is 34.1. The summed E-state index contributed by atoms with van der Waals surface area (Å²) in [6, 6.07) is 1.56. The lowest BCUT2D eigenvalue weighted by Crippen LogP contribution is -2.49. The van der Waals surface area contributed by atoms with E-state index in [9.17, 15) is 4.79 Å². The summed E-state index contributed by atoms with van der Waals surface area (Å²) in [4.78, 5) is 14.0. The predicted molar refractivity (Wildman–Crippen MR) is 78.1 cm³/mol. The highest BCUT2D eigenvalue weighted by Crippen LogP contribution is 2.31. The second-order valence-electron chi connectivity index (χ2n) is 5.36. The Kier molecular flexibility index (Phi) is 4.84. The van der Waals surface area contributed by atoms with Crippen LogP contribution in [0.4, 0.5) is 0 Å². The molecule has 4 nitrogen and oxygen atoms in total. The van der Waals surface area contributed by atoms with Gasteiger partial charge in [0.15, 0.2) is 0 Å². The third kappa shape index (κ3) is 2.97. The van der Waals surface area contributed by atoms with E-state index in [1.54, 1.807) is 4.90 Å². The van der Waals surface area contributed by atoms with Gasteiger partial charge in [-0.1, -0.05) is 22.6 Å². The fraction of sp³-hybridized carbons (Fsp3) is 0.846. The Hall–Kier alpha value is -0.350. The molecule has 100 valence electrons. The minimum Gasteiger partial charge on any atom is -0.325 e. The lowest BCUT2D eigenvalue weighted by Gasteiger charge is -2.32. The van der Waals surface area contributed by atoms with Gasteiger partial charge >= 0.3 is 0 Å². The summed E-state index contributed by atoms with van der Waals surface area (Å²) < 4.78 is 0.736. The number of halogens is 1. The molecule has 0 unspecified atom stereocenters. The molecular formula is C13H20IN3O. The maximum atomic E-state index is 12.3. The van der Waals surface area contributed by atoms with Gasteiger partial charge in [0.1, 0.15) is 6.04 Å². The molecule has 0 spiro atoms. The van der Waals surface area contributed by atoms with Crippen LogP contribution >= 0.6 is 22.6 Å². The van der Waals surface area contributed by atoms with Crippen molar-refractivity contribution in [2.75, 3.05) is 6.54 Å². The summed E-state index contributed by atoms with van der Waals surface area (Å²) >= 11 is 2.48. The second-order valence-corrected chi connectivity index (χ2v) is 7.12. The molecule has 2 N–H and O–H groups in total. The largest absolute Gasteiger partial charge is 0.325 e. The van der Waals surface area contributed by atoms with E-state index >= 15 is 0 Å². The molecule has 18 heavy (non-hydrogen) atoms. The Morgan fingerprint density at radius 2 is 2.00 bits per heavy atom. The maximum absolute atomic E-state index is 12.3. The smallest absolute Gasteiger partial charge is 0.240 e. The Labute approximate surface area is 122 Å². The number of nitriles is 1. The van der Waals surface area contributed by atoms with Gasteiger partial charge in [-0.3, -0.25) is 4.79 Å². The number of hydrogen-bond acceptors (Lipinski definition) is 3. The third-order valence-electron chi connectivity index (χ3n) is 4.18. The van der Waals surface area contributed by atoms with Gasteiger partial charge in [-0.25, -0.2) is 0 Å². The van der Waals surface area contributed by atoms with E-state index < -0.39 is 6.04 Å². The van der Waals surface area contributed by atoms with Crippen LogP contribution in [0.15, 0.2) is 0 Å². The number of nitrogens with two attached hydrogens (primary N) is 1. The van der Waals surface area contributed by atoms with Crippen LogP contribution in [-0.2, 0) is 4.79 Å². The first kappa shape index (κ1) is 14.1. The van der Waals surface area contributed by atoms with Crippen molar-refractivity contribution in [1.82, 2.24) is 4.90 Å². The zero-order chi connectivity index (χ0) is 13.1. The minimum absolute atomic E-state index is 0.00374. The van der Waals surface area contributed by atoms with Crippen molar-refractivity contribution >= 4 is 28.5 Å². The highest BCUT2D eigenvalue weighted by atomic mass is 127. The van der Waals surface area contributed by atoms with Gasteiger partial charge in [-0.2, -0.15) is 5.26 Å². The van der Waals surface area contributed by atoms with Crippen LogP contribution in [0.1, 0.15) is 38.5 Å². The highest BCUT2D eigenvalue weighted by molar-refractivity contribution is 14.1. The van der Waals surface area contributed by atoms with Crippen molar-refractivity contribution in [3.8, 4) is 6.07 Å². The molecule has 1 amide bonds. The van der Waals surface area contributed by atoms with Crippen molar-refractivity contribution in [2.45, 2.75) is 54.5 Å². The molecule has 2 aliphatic rings. The Balaban J connectivity index is 1.94. The van der Waals surface area contributed by atoms with E-state index in [1.807, 2.05) is 0 Å². The molecule has 2 rings (SSSR count).